The van der Waals surface area contributed by atoms with Gasteiger partial charge >= 0.3 is 0 Å². The number of hydrogen-bond acceptors (Lipinski definition) is 3. The maximum atomic E-state index is 12.2. The van der Waals surface area contributed by atoms with E-state index in [0.717, 1.165) is 19.5 Å². The minimum atomic E-state index is 0.0321. The molecule has 1 fully saturated rings. The van der Waals surface area contributed by atoms with Crippen LogP contribution in [-0.2, 0) is 4.79 Å². The van der Waals surface area contributed by atoms with Crippen LogP contribution in [0.3, 0.4) is 0 Å². The first kappa shape index (κ1) is 14.5. The van der Waals surface area contributed by atoms with Crippen LogP contribution in [0.25, 0.3) is 0 Å². The molecule has 1 amide bonds. The molecule has 1 aliphatic rings. The fourth-order valence-corrected chi connectivity index (χ4v) is 2.08. The molecule has 0 saturated carbocycles. The summed E-state index contributed by atoms with van der Waals surface area (Å²) in [6.45, 7) is 10.6. The molecule has 1 aliphatic heterocycles. The molecule has 4 nitrogen and oxygen atoms in total. The molecule has 17 heavy (non-hydrogen) atoms. The van der Waals surface area contributed by atoms with Gasteiger partial charge in [-0.1, -0.05) is 13.8 Å². The predicted octanol–water partition coefficient (Wildman–Crippen LogP) is 0.912. The summed E-state index contributed by atoms with van der Waals surface area (Å²) >= 11 is 0. The molecule has 100 valence electrons. The molecule has 0 aromatic rings. The van der Waals surface area contributed by atoms with Crippen LogP contribution in [0, 0.1) is 5.41 Å². The summed E-state index contributed by atoms with van der Waals surface area (Å²) in [7, 11) is 1.99. The first-order chi connectivity index (χ1) is 7.74. The number of carbonyl (C=O) groups is 1. The summed E-state index contributed by atoms with van der Waals surface area (Å²) in [6.07, 6.45) is 0.907. The molecule has 0 spiro atoms. The Labute approximate surface area is 105 Å². The lowest BCUT2D eigenvalue weighted by Gasteiger charge is -2.43. The molecule has 1 heterocycles. The van der Waals surface area contributed by atoms with Gasteiger partial charge in [-0.3, -0.25) is 9.69 Å². The van der Waals surface area contributed by atoms with Gasteiger partial charge in [-0.25, -0.2) is 0 Å². The normalized spacial score (nSPS) is 24.5. The SMILES string of the molecule is CC(C)N(C)CC(=O)N1CCC(N)C(C)(C)C1. The third kappa shape index (κ3) is 3.68. The lowest BCUT2D eigenvalue weighted by molar-refractivity contribution is -0.135. The summed E-state index contributed by atoms with van der Waals surface area (Å²) in [5.74, 6) is 0.223. The van der Waals surface area contributed by atoms with Crippen LogP contribution in [0.15, 0.2) is 0 Å². The van der Waals surface area contributed by atoms with E-state index >= 15 is 0 Å². The van der Waals surface area contributed by atoms with Crippen LogP contribution in [-0.4, -0.2) is 54.5 Å². The van der Waals surface area contributed by atoms with E-state index in [4.69, 9.17) is 5.73 Å². The zero-order chi connectivity index (χ0) is 13.2. The van der Waals surface area contributed by atoms with Gasteiger partial charge in [-0.2, -0.15) is 0 Å². The molecule has 0 aromatic carbocycles. The Morgan fingerprint density at radius 3 is 2.59 bits per heavy atom. The Kier molecular flexibility index (Phi) is 4.55. The van der Waals surface area contributed by atoms with Crippen LogP contribution in [0.5, 0.6) is 0 Å². The van der Waals surface area contributed by atoms with Gasteiger partial charge in [0.15, 0.2) is 0 Å². The van der Waals surface area contributed by atoms with E-state index in [1.165, 1.54) is 0 Å². The van der Waals surface area contributed by atoms with Gasteiger partial charge in [0.2, 0.25) is 5.91 Å². The van der Waals surface area contributed by atoms with E-state index in [1.807, 2.05) is 11.9 Å². The van der Waals surface area contributed by atoms with Crippen molar-refractivity contribution < 1.29 is 4.79 Å². The Bertz CT molecular complexity index is 276. The number of likely N-dealkylation sites (N-methyl/N-ethyl adjacent to an activating group) is 1. The minimum Gasteiger partial charge on any atom is -0.341 e. The number of hydrogen-bond donors (Lipinski definition) is 1. The van der Waals surface area contributed by atoms with Gasteiger partial charge in [-0.05, 0) is 32.7 Å². The monoisotopic (exact) mass is 241 g/mol. The van der Waals surface area contributed by atoms with Crippen molar-refractivity contribution in [2.75, 3.05) is 26.7 Å². The van der Waals surface area contributed by atoms with Gasteiger partial charge < -0.3 is 10.6 Å². The summed E-state index contributed by atoms with van der Waals surface area (Å²) in [4.78, 5) is 16.2. The maximum absolute atomic E-state index is 12.2. The number of nitrogens with two attached hydrogens (primary N) is 1. The van der Waals surface area contributed by atoms with Crippen LogP contribution < -0.4 is 5.73 Å². The number of nitrogens with zero attached hydrogens (tertiary/aromatic N) is 2. The molecule has 0 aromatic heterocycles. The van der Waals surface area contributed by atoms with Gasteiger partial charge in [0.25, 0.3) is 0 Å². The summed E-state index contributed by atoms with van der Waals surface area (Å²) in [5, 5.41) is 0. The number of likely N-dealkylation sites (tertiary alicyclic amines) is 1. The molecule has 0 bridgehead atoms. The largest absolute Gasteiger partial charge is 0.341 e. The Balaban J connectivity index is 2.54. The quantitative estimate of drug-likeness (QED) is 0.799. The molecule has 2 N–H and O–H groups in total. The summed E-state index contributed by atoms with van der Waals surface area (Å²) < 4.78 is 0. The van der Waals surface area contributed by atoms with E-state index < -0.39 is 0 Å². The third-order valence-corrected chi connectivity index (χ3v) is 3.93. The van der Waals surface area contributed by atoms with Crippen molar-refractivity contribution in [1.82, 2.24) is 9.80 Å². The standard InChI is InChI=1S/C13H27N3O/c1-10(2)15(5)8-12(17)16-7-6-11(14)13(3,4)9-16/h10-11H,6-9,14H2,1-5H3. The predicted molar refractivity (Wildman–Crippen MR) is 70.7 cm³/mol. The zero-order valence-corrected chi connectivity index (χ0v) is 11.9. The maximum Gasteiger partial charge on any atom is 0.236 e. The first-order valence-electron chi connectivity index (χ1n) is 6.47. The minimum absolute atomic E-state index is 0.0321. The Morgan fingerprint density at radius 2 is 2.12 bits per heavy atom. The van der Waals surface area contributed by atoms with Crippen molar-refractivity contribution in [3.8, 4) is 0 Å². The molecule has 1 unspecified atom stereocenters. The number of carbonyl (C=O) groups excluding carboxylic acids is 1. The number of rotatable bonds is 3. The second-order valence-electron chi connectivity index (χ2n) is 6.21. The van der Waals surface area contributed by atoms with Crippen LogP contribution in [0.2, 0.25) is 0 Å². The second kappa shape index (κ2) is 5.36. The molecule has 4 heteroatoms. The fraction of sp³-hybridized carbons (Fsp3) is 0.923. The fourth-order valence-electron chi connectivity index (χ4n) is 2.08. The van der Waals surface area contributed by atoms with Crippen molar-refractivity contribution in [1.29, 1.82) is 0 Å². The average Bonchev–Trinajstić information content (AvgIpc) is 2.21. The summed E-state index contributed by atoms with van der Waals surface area (Å²) in [6, 6.07) is 0.605. The molecule has 0 aliphatic carbocycles. The van der Waals surface area contributed by atoms with E-state index in [2.05, 4.69) is 32.6 Å². The molecular formula is C13H27N3O. The average molecular weight is 241 g/mol. The van der Waals surface area contributed by atoms with Crippen LogP contribution in [0.4, 0.5) is 0 Å². The molecule has 1 rings (SSSR count). The molecular weight excluding hydrogens is 214 g/mol. The van der Waals surface area contributed by atoms with Crippen LogP contribution >= 0.6 is 0 Å². The summed E-state index contributed by atoms with van der Waals surface area (Å²) in [5.41, 5.74) is 6.11. The third-order valence-electron chi connectivity index (χ3n) is 3.93. The highest BCUT2D eigenvalue weighted by Crippen LogP contribution is 2.27. The lowest BCUT2D eigenvalue weighted by Crippen LogP contribution is -2.55. The Morgan fingerprint density at radius 1 is 1.53 bits per heavy atom. The smallest absolute Gasteiger partial charge is 0.236 e. The molecule has 1 atom stereocenters. The Hall–Kier alpha value is -0.610. The van der Waals surface area contributed by atoms with Crippen molar-refractivity contribution in [2.45, 2.75) is 46.2 Å². The van der Waals surface area contributed by atoms with E-state index in [-0.39, 0.29) is 17.4 Å². The topological polar surface area (TPSA) is 49.6 Å². The van der Waals surface area contributed by atoms with E-state index in [0.29, 0.717) is 12.6 Å². The van der Waals surface area contributed by atoms with Crippen molar-refractivity contribution >= 4 is 5.91 Å². The van der Waals surface area contributed by atoms with Crippen molar-refractivity contribution in [3.05, 3.63) is 0 Å². The van der Waals surface area contributed by atoms with Crippen molar-refractivity contribution in [3.63, 3.8) is 0 Å². The van der Waals surface area contributed by atoms with Crippen LogP contribution in [0.1, 0.15) is 34.1 Å². The molecule has 1 saturated heterocycles. The zero-order valence-electron chi connectivity index (χ0n) is 11.9. The molecule has 0 radical (unpaired) electrons. The van der Waals surface area contributed by atoms with E-state index in [1.54, 1.807) is 0 Å². The number of piperidine rings is 1. The van der Waals surface area contributed by atoms with Crippen molar-refractivity contribution in [2.24, 2.45) is 11.1 Å². The lowest BCUT2D eigenvalue weighted by atomic mass is 9.79. The number of amides is 1. The second-order valence-corrected chi connectivity index (χ2v) is 6.21. The highest BCUT2D eigenvalue weighted by molar-refractivity contribution is 5.78. The first-order valence-corrected chi connectivity index (χ1v) is 6.47. The van der Waals surface area contributed by atoms with Gasteiger partial charge in [0, 0.05) is 25.2 Å². The van der Waals surface area contributed by atoms with Gasteiger partial charge in [0.1, 0.15) is 0 Å². The highest BCUT2D eigenvalue weighted by Gasteiger charge is 2.35. The van der Waals surface area contributed by atoms with Gasteiger partial charge in [-0.15, -0.1) is 0 Å². The van der Waals surface area contributed by atoms with Gasteiger partial charge in [0.05, 0.1) is 6.54 Å². The van der Waals surface area contributed by atoms with E-state index in [9.17, 15) is 4.79 Å². The highest BCUT2D eigenvalue weighted by atomic mass is 16.2.